The Balaban J connectivity index is 2.05. The molecule has 1 aromatic heterocycles. The molecule has 2 rings (SSSR count). The molecule has 6 heteroatoms. The molecule has 0 spiro atoms. The van der Waals surface area contributed by atoms with Crippen LogP contribution in [-0.2, 0) is 4.79 Å². The second-order valence-corrected chi connectivity index (χ2v) is 5.87. The molecule has 1 unspecified atom stereocenters. The van der Waals surface area contributed by atoms with Gasteiger partial charge in [-0.2, -0.15) is 0 Å². The molecule has 1 aromatic rings. The summed E-state index contributed by atoms with van der Waals surface area (Å²) in [7, 11) is 0. The van der Waals surface area contributed by atoms with Gasteiger partial charge in [0.25, 0.3) is 0 Å². The van der Waals surface area contributed by atoms with Crippen molar-refractivity contribution in [2.24, 2.45) is 11.7 Å². The van der Waals surface area contributed by atoms with Crippen molar-refractivity contribution in [1.82, 2.24) is 4.98 Å². The highest BCUT2D eigenvalue weighted by atomic mass is 32.1. The van der Waals surface area contributed by atoms with E-state index >= 15 is 0 Å². The minimum Gasteiger partial charge on any atom is -0.480 e. The zero-order valence-electron chi connectivity index (χ0n) is 9.93. The highest BCUT2D eigenvalue weighted by molar-refractivity contribution is 7.13. The van der Waals surface area contributed by atoms with E-state index in [2.05, 4.69) is 24.1 Å². The van der Waals surface area contributed by atoms with Crippen molar-refractivity contribution >= 4 is 22.4 Å². The number of nitrogens with two attached hydrogens (primary N) is 1. The molecule has 1 saturated carbocycles. The summed E-state index contributed by atoms with van der Waals surface area (Å²) < 4.78 is 0. The van der Waals surface area contributed by atoms with Gasteiger partial charge < -0.3 is 16.2 Å². The van der Waals surface area contributed by atoms with Gasteiger partial charge in [0, 0.05) is 10.9 Å². The summed E-state index contributed by atoms with van der Waals surface area (Å²) in [4.78, 5) is 15.0. The number of nitrogens with zero attached hydrogens (tertiary/aromatic N) is 1. The van der Waals surface area contributed by atoms with E-state index in [4.69, 9.17) is 10.8 Å². The lowest BCUT2D eigenvalue weighted by atomic mass is 9.99. The number of carbonyl (C=O) groups is 1. The van der Waals surface area contributed by atoms with Crippen LogP contribution in [0.4, 0.5) is 5.13 Å². The highest BCUT2D eigenvalue weighted by Gasteiger charge is 2.38. The maximum Gasteiger partial charge on any atom is 0.326 e. The molecule has 94 valence electrons. The third kappa shape index (κ3) is 2.76. The van der Waals surface area contributed by atoms with Crippen molar-refractivity contribution in [2.75, 3.05) is 5.32 Å². The van der Waals surface area contributed by atoms with E-state index in [1.54, 1.807) is 5.38 Å². The molecule has 4 N–H and O–H groups in total. The number of hydrogen-bond acceptors (Lipinski definition) is 5. The van der Waals surface area contributed by atoms with Crippen LogP contribution >= 0.6 is 11.3 Å². The minimum absolute atomic E-state index is 0.0163. The first-order chi connectivity index (χ1) is 7.90. The highest BCUT2D eigenvalue weighted by Crippen LogP contribution is 2.41. The van der Waals surface area contributed by atoms with Gasteiger partial charge in [-0.3, -0.25) is 4.79 Å². The Kier molecular flexibility index (Phi) is 3.09. The zero-order chi connectivity index (χ0) is 12.6. The minimum atomic E-state index is -1.05. The van der Waals surface area contributed by atoms with Crippen LogP contribution in [0, 0.1) is 5.92 Å². The molecule has 1 heterocycles. The number of anilines is 1. The Hall–Kier alpha value is -1.14. The first-order valence-corrected chi connectivity index (χ1v) is 6.50. The number of thiazole rings is 1. The third-order valence-electron chi connectivity index (χ3n) is 3.13. The standard InChI is InChI=1S/C11H17N3O2S/c1-11(2,6-3-4-6)14-10-13-7(5-17-10)8(12)9(15)16/h5-6,8H,3-4,12H2,1-2H3,(H,13,14)(H,15,16). The normalized spacial score (nSPS) is 17.8. The fourth-order valence-corrected chi connectivity index (χ4v) is 2.71. The van der Waals surface area contributed by atoms with Gasteiger partial charge in [0.05, 0.1) is 5.69 Å². The molecule has 0 aromatic carbocycles. The summed E-state index contributed by atoms with van der Waals surface area (Å²) in [6.07, 6.45) is 2.49. The lowest BCUT2D eigenvalue weighted by molar-refractivity contribution is -0.138. The van der Waals surface area contributed by atoms with Crippen molar-refractivity contribution in [3.05, 3.63) is 11.1 Å². The Morgan fingerprint density at radius 3 is 2.88 bits per heavy atom. The van der Waals surface area contributed by atoms with Gasteiger partial charge in [-0.05, 0) is 32.6 Å². The summed E-state index contributed by atoms with van der Waals surface area (Å²) in [6.45, 7) is 4.28. The van der Waals surface area contributed by atoms with Crippen LogP contribution in [0.25, 0.3) is 0 Å². The molecule has 0 saturated heterocycles. The van der Waals surface area contributed by atoms with Gasteiger partial charge in [0.2, 0.25) is 0 Å². The zero-order valence-corrected chi connectivity index (χ0v) is 10.8. The lowest BCUT2D eigenvalue weighted by Crippen LogP contribution is -2.33. The SMILES string of the molecule is CC(C)(Nc1nc(C(N)C(=O)O)cs1)C1CC1. The van der Waals surface area contributed by atoms with E-state index in [9.17, 15) is 4.79 Å². The summed E-state index contributed by atoms with van der Waals surface area (Å²) in [5.41, 5.74) is 5.93. The Bertz CT molecular complexity index is 426. The van der Waals surface area contributed by atoms with Gasteiger partial charge in [0.1, 0.15) is 6.04 Å². The van der Waals surface area contributed by atoms with Crippen molar-refractivity contribution < 1.29 is 9.90 Å². The van der Waals surface area contributed by atoms with Crippen LogP contribution in [0.5, 0.6) is 0 Å². The molecule has 1 aliphatic carbocycles. The average Bonchev–Trinajstić information content (AvgIpc) is 3.00. The van der Waals surface area contributed by atoms with Crippen LogP contribution in [0.1, 0.15) is 38.4 Å². The molecule has 0 radical (unpaired) electrons. The third-order valence-corrected chi connectivity index (χ3v) is 3.91. The lowest BCUT2D eigenvalue weighted by Gasteiger charge is -2.25. The number of aliphatic carboxylic acids is 1. The molecule has 17 heavy (non-hydrogen) atoms. The first kappa shape index (κ1) is 12.3. The van der Waals surface area contributed by atoms with Gasteiger partial charge >= 0.3 is 5.97 Å². The predicted molar refractivity (Wildman–Crippen MR) is 67.1 cm³/mol. The van der Waals surface area contributed by atoms with Gasteiger partial charge in [-0.15, -0.1) is 11.3 Å². The number of carboxylic acids is 1. The Morgan fingerprint density at radius 2 is 2.35 bits per heavy atom. The maximum absolute atomic E-state index is 10.7. The van der Waals surface area contributed by atoms with Crippen molar-refractivity contribution in [3.63, 3.8) is 0 Å². The van der Waals surface area contributed by atoms with Crippen molar-refractivity contribution in [3.8, 4) is 0 Å². The van der Waals surface area contributed by atoms with Crippen LogP contribution in [0.2, 0.25) is 0 Å². The maximum atomic E-state index is 10.7. The molecule has 0 aliphatic heterocycles. The molecule has 0 amide bonds. The number of aromatic nitrogens is 1. The monoisotopic (exact) mass is 255 g/mol. The largest absolute Gasteiger partial charge is 0.480 e. The second kappa shape index (κ2) is 4.27. The van der Waals surface area contributed by atoms with E-state index in [1.807, 2.05) is 0 Å². The molecule has 5 nitrogen and oxygen atoms in total. The molecule has 0 bridgehead atoms. The van der Waals surface area contributed by atoms with Crippen LogP contribution < -0.4 is 11.1 Å². The van der Waals surface area contributed by atoms with Crippen LogP contribution in [-0.4, -0.2) is 21.6 Å². The van der Waals surface area contributed by atoms with Gasteiger partial charge in [0.15, 0.2) is 5.13 Å². The predicted octanol–water partition coefficient (Wildman–Crippen LogP) is 1.83. The molecular weight excluding hydrogens is 238 g/mol. The summed E-state index contributed by atoms with van der Waals surface area (Å²) in [5, 5.41) is 14.6. The molecule has 1 atom stereocenters. The Labute approximate surface area is 104 Å². The molecular formula is C11H17N3O2S. The van der Waals surface area contributed by atoms with Crippen LogP contribution in [0.3, 0.4) is 0 Å². The first-order valence-electron chi connectivity index (χ1n) is 5.62. The Morgan fingerprint density at radius 1 is 1.71 bits per heavy atom. The number of carboxylic acid groups (broad SMARTS) is 1. The fraction of sp³-hybridized carbons (Fsp3) is 0.636. The summed E-state index contributed by atoms with van der Waals surface area (Å²) >= 11 is 1.40. The van der Waals surface area contributed by atoms with E-state index < -0.39 is 12.0 Å². The summed E-state index contributed by atoms with van der Waals surface area (Å²) in [5.74, 6) is -0.369. The molecule has 1 fully saturated rings. The van der Waals surface area contributed by atoms with Gasteiger partial charge in [-0.1, -0.05) is 0 Å². The van der Waals surface area contributed by atoms with E-state index in [-0.39, 0.29) is 5.54 Å². The summed E-state index contributed by atoms with van der Waals surface area (Å²) in [6, 6.07) is -1.04. The molecule has 1 aliphatic rings. The average molecular weight is 255 g/mol. The van der Waals surface area contributed by atoms with Gasteiger partial charge in [-0.25, -0.2) is 4.98 Å². The van der Waals surface area contributed by atoms with Crippen molar-refractivity contribution in [1.29, 1.82) is 0 Å². The van der Waals surface area contributed by atoms with Crippen molar-refractivity contribution in [2.45, 2.75) is 38.3 Å². The van der Waals surface area contributed by atoms with E-state index in [0.29, 0.717) is 11.6 Å². The van der Waals surface area contributed by atoms with Crippen LogP contribution in [0.15, 0.2) is 5.38 Å². The topological polar surface area (TPSA) is 88.2 Å². The number of rotatable bonds is 5. The fourth-order valence-electron chi connectivity index (χ4n) is 1.80. The number of nitrogens with one attached hydrogen (secondary N) is 1. The van der Waals surface area contributed by atoms with E-state index in [0.717, 1.165) is 5.13 Å². The van der Waals surface area contributed by atoms with E-state index in [1.165, 1.54) is 24.2 Å². The second-order valence-electron chi connectivity index (χ2n) is 5.01. The smallest absolute Gasteiger partial charge is 0.326 e. The quantitative estimate of drug-likeness (QED) is 0.747. The number of hydrogen-bond donors (Lipinski definition) is 3.